The molecular weight excluding hydrogens is 508 g/mol. The van der Waals surface area contributed by atoms with Gasteiger partial charge in [-0.15, -0.1) is 11.3 Å². The van der Waals surface area contributed by atoms with Crippen LogP contribution in [0.2, 0.25) is 0 Å². The number of anilines is 1. The van der Waals surface area contributed by atoms with Crippen molar-refractivity contribution in [1.29, 1.82) is 0 Å². The average Bonchev–Trinajstić information content (AvgIpc) is 3.19. The van der Waals surface area contributed by atoms with E-state index in [9.17, 15) is 31.1 Å². The summed E-state index contributed by atoms with van der Waals surface area (Å²) in [5.41, 5.74) is -0.659. The Labute approximate surface area is 206 Å². The number of halogens is 6. The SMILES string of the molecule is Cc1nc(C(=O)N2CC(F)(F)C[C@@H](C)[C@H]2CNc2cnc(C(F)(F)F)cn2)c(-c2ccc(F)cc2)s1. The first-order valence-electron chi connectivity index (χ1n) is 10.9. The molecule has 0 bridgehead atoms. The van der Waals surface area contributed by atoms with Gasteiger partial charge >= 0.3 is 6.18 Å². The number of carbonyl (C=O) groups is 1. The third-order valence-corrected chi connectivity index (χ3v) is 6.84. The second-order valence-corrected chi connectivity index (χ2v) is 9.82. The van der Waals surface area contributed by atoms with E-state index in [1.165, 1.54) is 35.6 Å². The third kappa shape index (κ3) is 5.61. The maximum Gasteiger partial charge on any atom is 0.434 e. The molecule has 36 heavy (non-hydrogen) atoms. The van der Waals surface area contributed by atoms with E-state index in [1.54, 1.807) is 13.8 Å². The molecule has 1 aliphatic heterocycles. The van der Waals surface area contributed by atoms with E-state index in [1.807, 2.05) is 0 Å². The Hall–Kier alpha value is -3.22. The van der Waals surface area contributed by atoms with Crippen LogP contribution in [0.3, 0.4) is 0 Å². The first-order chi connectivity index (χ1) is 16.8. The van der Waals surface area contributed by atoms with Crippen LogP contribution in [-0.4, -0.2) is 50.8 Å². The lowest BCUT2D eigenvalue weighted by atomic mass is 9.88. The summed E-state index contributed by atoms with van der Waals surface area (Å²) >= 11 is 1.19. The summed E-state index contributed by atoms with van der Waals surface area (Å²) in [7, 11) is 0. The minimum absolute atomic E-state index is 0.0106. The number of benzene rings is 1. The lowest BCUT2D eigenvalue weighted by Crippen LogP contribution is -2.57. The fraction of sp³-hybridized carbons (Fsp3) is 0.391. The molecule has 2 atom stereocenters. The Morgan fingerprint density at radius 2 is 1.89 bits per heavy atom. The largest absolute Gasteiger partial charge is 0.434 e. The van der Waals surface area contributed by atoms with Crippen LogP contribution < -0.4 is 5.32 Å². The molecule has 0 spiro atoms. The van der Waals surface area contributed by atoms with Crippen LogP contribution in [0.15, 0.2) is 36.7 Å². The summed E-state index contributed by atoms with van der Waals surface area (Å²) in [5.74, 6) is -4.95. The molecule has 4 rings (SSSR count). The molecule has 0 radical (unpaired) electrons. The number of amides is 1. The normalized spacial score (nSPS) is 19.8. The van der Waals surface area contributed by atoms with Gasteiger partial charge in [-0.3, -0.25) is 4.79 Å². The topological polar surface area (TPSA) is 71.0 Å². The summed E-state index contributed by atoms with van der Waals surface area (Å²) in [6.07, 6.45) is -3.65. The second kappa shape index (κ2) is 9.68. The van der Waals surface area contributed by atoms with Gasteiger partial charge in [-0.25, -0.2) is 28.1 Å². The van der Waals surface area contributed by atoms with Gasteiger partial charge in [-0.05, 0) is 30.5 Å². The number of carbonyl (C=O) groups excluding carboxylic acids is 1. The van der Waals surface area contributed by atoms with Gasteiger partial charge in [0.05, 0.1) is 34.9 Å². The summed E-state index contributed by atoms with van der Waals surface area (Å²) in [4.78, 5) is 26.3. The standard InChI is InChI=1S/C23H21F6N5OS/c1-12-7-22(25,26)11-34(16(12)8-31-18-10-30-17(9-32-18)23(27,28)29)21(35)19-20(36-13(2)33-19)14-3-5-15(24)6-4-14/h3-6,9-10,12,16H,7-8,11H2,1-2H3,(H,31,32)/t12-,16-/m1/s1. The second-order valence-electron chi connectivity index (χ2n) is 8.62. The Bertz CT molecular complexity index is 1230. The van der Waals surface area contributed by atoms with Gasteiger partial charge in [0.1, 0.15) is 17.3 Å². The molecule has 0 aliphatic carbocycles. The average molecular weight is 530 g/mol. The molecule has 0 saturated carbocycles. The minimum Gasteiger partial charge on any atom is -0.367 e. The summed E-state index contributed by atoms with van der Waals surface area (Å²) in [6.45, 7) is 2.36. The first kappa shape index (κ1) is 25.9. The Morgan fingerprint density at radius 3 is 2.50 bits per heavy atom. The zero-order valence-electron chi connectivity index (χ0n) is 19.1. The van der Waals surface area contributed by atoms with E-state index in [0.29, 0.717) is 21.6 Å². The third-order valence-electron chi connectivity index (χ3n) is 5.82. The van der Waals surface area contributed by atoms with Crippen molar-refractivity contribution < 1.29 is 31.1 Å². The van der Waals surface area contributed by atoms with E-state index >= 15 is 0 Å². The van der Waals surface area contributed by atoms with Gasteiger partial charge in [0.15, 0.2) is 5.69 Å². The number of aryl methyl sites for hydroxylation is 1. The molecule has 2 aromatic heterocycles. The monoisotopic (exact) mass is 529 g/mol. The number of likely N-dealkylation sites (tertiary alicyclic amines) is 1. The predicted molar refractivity (Wildman–Crippen MR) is 121 cm³/mol. The van der Waals surface area contributed by atoms with Crippen molar-refractivity contribution in [3.8, 4) is 10.4 Å². The predicted octanol–water partition coefficient (Wildman–Crippen LogP) is 5.66. The van der Waals surface area contributed by atoms with E-state index in [4.69, 9.17) is 0 Å². The Morgan fingerprint density at radius 1 is 1.19 bits per heavy atom. The van der Waals surface area contributed by atoms with Gasteiger partial charge in [0, 0.05) is 13.0 Å². The van der Waals surface area contributed by atoms with Crippen molar-refractivity contribution in [2.45, 2.75) is 38.4 Å². The molecule has 1 fully saturated rings. The summed E-state index contributed by atoms with van der Waals surface area (Å²) in [6, 6.07) is 4.69. The molecule has 1 aromatic carbocycles. The van der Waals surface area contributed by atoms with Crippen molar-refractivity contribution in [3.05, 3.63) is 58.9 Å². The molecule has 192 valence electrons. The zero-order valence-corrected chi connectivity index (χ0v) is 19.9. The molecule has 1 aliphatic rings. The quantitative estimate of drug-likeness (QED) is 0.432. The van der Waals surface area contributed by atoms with Crippen LogP contribution in [0.25, 0.3) is 10.4 Å². The highest BCUT2D eigenvalue weighted by Crippen LogP contribution is 2.37. The number of alkyl halides is 5. The number of thiazole rings is 1. The molecule has 1 amide bonds. The van der Waals surface area contributed by atoms with E-state index in [2.05, 4.69) is 20.3 Å². The molecular formula is C23H21F6N5OS. The summed E-state index contributed by atoms with van der Waals surface area (Å²) in [5, 5.41) is 3.34. The lowest BCUT2D eigenvalue weighted by Gasteiger charge is -2.43. The van der Waals surface area contributed by atoms with Gasteiger partial charge in [0.25, 0.3) is 11.8 Å². The molecule has 3 heterocycles. The van der Waals surface area contributed by atoms with Crippen LogP contribution in [0, 0.1) is 18.7 Å². The van der Waals surface area contributed by atoms with E-state index < -0.39 is 54.4 Å². The Balaban J connectivity index is 1.60. The number of hydrogen-bond acceptors (Lipinski definition) is 6. The van der Waals surface area contributed by atoms with Gasteiger partial charge in [-0.1, -0.05) is 19.1 Å². The number of aromatic nitrogens is 3. The molecule has 0 unspecified atom stereocenters. The highest BCUT2D eigenvalue weighted by atomic mass is 32.1. The van der Waals surface area contributed by atoms with Crippen LogP contribution in [0.4, 0.5) is 32.2 Å². The van der Waals surface area contributed by atoms with E-state index in [-0.39, 0.29) is 18.1 Å². The maximum atomic E-state index is 14.5. The molecule has 1 saturated heterocycles. The van der Waals surface area contributed by atoms with Crippen LogP contribution in [-0.2, 0) is 6.18 Å². The van der Waals surface area contributed by atoms with Crippen LogP contribution in [0.1, 0.15) is 34.5 Å². The number of piperidine rings is 1. The van der Waals surface area contributed by atoms with Gasteiger partial charge in [-0.2, -0.15) is 13.2 Å². The van der Waals surface area contributed by atoms with Crippen LogP contribution in [0.5, 0.6) is 0 Å². The fourth-order valence-electron chi connectivity index (χ4n) is 4.16. The summed E-state index contributed by atoms with van der Waals surface area (Å²) < 4.78 is 80.7. The highest BCUT2D eigenvalue weighted by Gasteiger charge is 2.47. The van der Waals surface area contributed by atoms with Gasteiger partial charge in [0.2, 0.25) is 0 Å². The van der Waals surface area contributed by atoms with Crippen molar-refractivity contribution in [3.63, 3.8) is 0 Å². The maximum absolute atomic E-state index is 14.5. The number of nitrogens with zero attached hydrogens (tertiary/aromatic N) is 4. The molecule has 13 heteroatoms. The van der Waals surface area contributed by atoms with E-state index in [0.717, 1.165) is 11.1 Å². The smallest absolute Gasteiger partial charge is 0.367 e. The lowest BCUT2D eigenvalue weighted by molar-refractivity contribution is -0.141. The molecule has 1 N–H and O–H groups in total. The van der Waals surface area contributed by atoms with Crippen molar-refractivity contribution in [2.75, 3.05) is 18.4 Å². The van der Waals surface area contributed by atoms with Crippen LogP contribution >= 0.6 is 11.3 Å². The van der Waals surface area contributed by atoms with Crippen molar-refractivity contribution in [1.82, 2.24) is 19.9 Å². The number of rotatable bonds is 5. The van der Waals surface area contributed by atoms with Crippen molar-refractivity contribution >= 4 is 23.1 Å². The highest BCUT2D eigenvalue weighted by molar-refractivity contribution is 7.15. The van der Waals surface area contributed by atoms with Gasteiger partial charge < -0.3 is 10.2 Å². The molecule has 6 nitrogen and oxygen atoms in total. The first-order valence-corrected chi connectivity index (χ1v) is 11.7. The Kier molecular flexibility index (Phi) is 6.95. The zero-order chi connectivity index (χ0) is 26.3. The number of hydrogen-bond donors (Lipinski definition) is 1. The minimum atomic E-state index is -4.65. The molecule has 3 aromatic rings. The fourth-order valence-corrected chi connectivity index (χ4v) is 5.07. The number of nitrogens with one attached hydrogen (secondary N) is 1. The van der Waals surface area contributed by atoms with Crippen molar-refractivity contribution in [2.24, 2.45) is 5.92 Å².